The molecule has 0 atom stereocenters. The Kier molecular flexibility index (Phi) is 2.39. The minimum absolute atomic E-state index is 0.997. The van der Waals surface area contributed by atoms with Crippen molar-refractivity contribution in [2.24, 2.45) is 0 Å². The molecule has 3 nitrogen and oxygen atoms in total. The van der Waals surface area contributed by atoms with Crippen LogP contribution in [0.25, 0.3) is 0 Å². The zero-order chi connectivity index (χ0) is 8.43. The van der Waals surface area contributed by atoms with Crippen LogP contribution in [0.5, 0.6) is 0 Å². The summed E-state index contributed by atoms with van der Waals surface area (Å²) in [5.41, 5.74) is 5.98. The third-order valence-electron chi connectivity index (χ3n) is 2.20. The monoisotopic (exact) mass is 155 g/mol. The number of hydrazine groups is 2. The fourth-order valence-corrected chi connectivity index (χ4v) is 1.31. The molecule has 0 aromatic heterocycles. The van der Waals surface area contributed by atoms with Crippen LogP contribution in [0.1, 0.15) is 27.2 Å². The Hall–Kier alpha value is -0.700. The van der Waals surface area contributed by atoms with Gasteiger partial charge >= 0.3 is 0 Å². The zero-order valence-corrected chi connectivity index (χ0v) is 7.81. The lowest BCUT2D eigenvalue weighted by molar-refractivity contribution is 0.0255. The van der Waals surface area contributed by atoms with Crippen molar-refractivity contribution >= 4 is 0 Å². The normalized spacial score (nSPS) is 19.5. The molecule has 0 fully saturated rings. The van der Waals surface area contributed by atoms with Crippen molar-refractivity contribution in [2.75, 3.05) is 13.6 Å². The summed E-state index contributed by atoms with van der Waals surface area (Å²) in [5.74, 6) is 0. The fraction of sp³-hybridized carbons (Fsp3) is 0.750. The van der Waals surface area contributed by atoms with E-state index in [9.17, 15) is 0 Å². The average Bonchev–Trinajstić information content (AvgIpc) is 2.30. The van der Waals surface area contributed by atoms with Crippen molar-refractivity contribution in [3.63, 3.8) is 0 Å². The molecule has 1 aliphatic rings. The minimum Gasteiger partial charge on any atom is -0.304 e. The summed E-state index contributed by atoms with van der Waals surface area (Å²) in [7, 11) is 2.08. The van der Waals surface area contributed by atoms with Crippen molar-refractivity contribution < 1.29 is 0 Å². The molecule has 1 heterocycles. The van der Waals surface area contributed by atoms with Gasteiger partial charge in [0.25, 0.3) is 0 Å². The molecular formula is C8H17N3. The molecule has 0 aromatic rings. The maximum absolute atomic E-state index is 3.33. The second-order valence-corrected chi connectivity index (χ2v) is 2.77. The predicted octanol–water partition coefficient (Wildman–Crippen LogP) is 1.31. The number of rotatable bonds is 2. The van der Waals surface area contributed by atoms with Crippen LogP contribution in [0.15, 0.2) is 11.4 Å². The van der Waals surface area contributed by atoms with E-state index in [4.69, 9.17) is 0 Å². The Morgan fingerprint density at radius 1 is 1.36 bits per heavy atom. The summed E-state index contributed by atoms with van der Waals surface area (Å²) in [5, 5.41) is 4.26. The number of hydrogen-bond donors (Lipinski definition) is 1. The highest BCUT2D eigenvalue weighted by molar-refractivity contribution is 5.11. The lowest BCUT2D eigenvalue weighted by Gasteiger charge is -2.25. The first-order valence-corrected chi connectivity index (χ1v) is 4.18. The summed E-state index contributed by atoms with van der Waals surface area (Å²) in [6.45, 7) is 7.44. The van der Waals surface area contributed by atoms with Crippen LogP contribution >= 0.6 is 0 Å². The summed E-state index contributed by atoms with van der Waals surface area (Å²) in [4.78, 5) is 0. The summed E-state index contributed by atoms with van der Waals surface area (Å²) in [6, 6.07) is 0. The molecule has 0 unspecified atom stereocenters. The van der Waals surface area contributed by atoms with Gasteiger partial charge in [0, 0.05) is 25.0 Å². The van der Waals surface area contributed by atoms with E-state index in [0.717, 1.165) is 13.0 Å². The van der Waals surface area contributed by atoms with Gasteiger partial charge in [-0.1, -0.05) is 6.92 Å². The average molecular weight is 155 g/mol. The first-order valence-electron chi connectivity index (χ1n) is 4.18. The molecule has 1 aliphatic heterocycles. The van der Waals surface area contributed by atoms with Crippen LogP contribution in [-0.2, 0) is 0 Å². The highest BCUT2D eigenvalue weighted by Gasteiger charge is 2.20. The molecule has 0 amide bonds. The summed E-state index contributed by atoms with van der Waals surface area (Å²) >= 11 is 0. The van der Waals surface area contributed by atoms with Gasteiger partial charge in [-0.2, -0.15) is 0 Å². The van der Waals surface area contributed by atoms with E-state index in [0.29, 0.717) is 0 Å². The third-order valence-corrected chi connectivity index (χ3v) is 2.20. The molecule has 0 saturated heterocycles. The smallest absolute Gasteiger partial charge is 0.0483 e. The van der Waals surface area contributed by atoms with Crippen LogP contribution in [-0.4, -0.2) is 23.7 Å². The zero-order valence-electron chi connectivity index (χ0n) is 7.81. The van der Waals surface area contributed by atoms with E-state index in [-0.39, 0.29) is 0 Å². The van der Waals surface area contributed by atoms with Crippen molar-refractivity contribution in [1.29, 1.82) is 0 Å². The maximum atomic E-state index is 3.33. The van der Waals surface area contributed by atoms with Gasteiger partial charge in [0.1, 0.15) is 0 Å². The third kappa shape index (κ3) is 1.33. The van der Waals surface area contributed by atoms with E-state index in [2.05, 4.69) is 43.4 Å². The first-order chi connectivity index (χ1) is 5.20. The summed E-state index contributed by atoms with van der Waals surface area (Å²) < 4.78 is 0. The van der Waals surface area contributed by atoms with E-state index in [1.165, 1.54) is 11.4 Å². The molecule has 64 valence electrons. The first kappa shape index (κ1) is 8.40. The van der Waals surface area contributed by atoms with Crippen molar-refractivity contribution in [1.82, 2.24) is 15.6 Å². The van der Waals surface area contributed by atoms with Gasteiger partial charge in [0.15, 0.2) is 0 Å². The lowest BCUT2D eigenvalue weighted by Crippen LogP contribution is -2.40. The molecule has 0 bridgehead atoms. The van der Waals surface area contributed by atoms with Crippen LogP contribution < -0.4 is 5.43 Å². The van der Waals surface area contributed by atoms with E-state index >= 15 is 0 Å². The van der Waals surface area contributed by atoms with Crippen molar-refractivity contribution in [2.45, 2.75) is 27.2 Å². The lowest BCUT2D eigenvalue weighted by atomic mass is 10.3. The second kappa shape index (κ2) is 3.13. The van der Waals surface area contributed by atoms with Gasteiger partial charge < -0.3 is 5.43 Å². The van der Waals surface area contributed by atoms with Gasteiger partial charge in [-0.3, -0.25) is 5.01 Å². The van der Waals surface area contributed by atoms with Crippen molar-refractivity contribution in [3.05, 3.63) is 11.4 Å². The molecule has 11 heavy (non-hydrogen) atoms. The maximum Gasteiger partial charge on any atom is 0.0483 e. The number of hydrogen-bond acceptors (Lipinski definition) is 3. The molecule has 0 radical (unpaired) electrons. The molecule has 0 spiro atoms. The Labute approximate surface area is 68.6 Å². The fourth-order valence-electron chi connectivity index (χ4n) is 1.31. The molecule has 1 rings (SSSR count). The van der Waals surface area contributed by atoms with Crippen LogP contribution in [0.3, 0.4) is 0 Å². The van der Waals surface area contributed by atoms with Gasteiger partial charge in [-0.25, -0.2) is 0 Å². The Morgan fingerprint density at radius 2 is 2.00 bits per heavy atom. The standard InChI is InChI=1S/C8H17N3/c1-5-8-7(3)10(4)11(6-2)9-8/h9H,5-6H2,1-4H3. The van der Waals surface area contributed by atoms with Crippen LogP contribution in [0, 0.1) is 0 Å². The van der Waals surface area contributed by atoms with Crippen LogP contribution in [0.4, 0.5) is 0 Å². The van der Waals surface area contributed by atoms with Crippen molar-refractivity contribution in [3.8, 4) is 0 Å². The van der Waals surface area contributed by atoms with E-state index in [1.807, 2.05) is 0 Å². The molecular weight excluding hydrogens is 138 g/mol. The van der Waals surface area contributed by atoms with Gasteiger partial charge in [0.05, 0.1) is 0 Å². The predicted molar refractivity (Wildman–Crippen MR) is 46.3 cm³/mol. The molecule has 0 aliphatic carbocycles. The topological polar surface area (TPSA) is 18.5 Å². The highest BCUT2D eigenvalue weighted by atomic mass is 15.8. The van der Waals surface area contributed by atoms with Crippen LogP contribution in [0.2, 0.25) is 0 Å². The number of nitrogens with one attached hydrogen (secondary N) is 1. The molecule has 0 aromatic carbocycles. The Morgan fingerprint density at radius 3 is 2.27 bits per heavy atom. The largest absolute Gasteiger partial charge is 0.304 e. The Bertz CT molecular complexity index is 174. The van der Waals surface area contributed by atoms with Gasteiger partial charge in [-0.05, 0) is 20.3 Å². The Balaban J connectivity index is 2.68. The molecule has 1 N–H and O–H groups in total. The number of nitrogens with zero attached hydrogens (tertiary/aromatic N) is 2. The SMILES string of the molecule is CCC1=C(C)N(C)N(CC)N1. The quantitative estimate of drug-likeness (QED) is 0.648. The van der Waals surface area contributed by atoms with Gasteiger partial charge in [-0.15, -0.1) is 5.12 Å². The molecule has 0 saturated carbocycles. The highest BCUT2D eigenvalue weighted by Crippen LogP contribution is 2.17. The number of allylic oxidation sites excluding steroid dienone is 2. The minimum atomic E-state index is 0.997. The van der Waals surface area contributed by atoms with E-state index in [1.54, 1.807) is 0 Å². The summed E-state index contributed by atoms with van der Waals surface area (Å²) in [6.07, 6.45) is 1.08. The second-order valence-electron chi connectivity index (χ2n) is 2.77. The van der Waals surface area contributed by atoms with E-state index < -0.39 is 0 Å². The van der Waals surface area contributed by atoms with Gasteiger partial charge in [0.2, 0.25) is 0 Å². The molecule has 3 heteroatoms.